The van der Waals surface area contributed by atoms with Crippen LogP contribution in [-0.4, -0.2) is 79.7 Å². The number of piperazine rings is 1. The van der Waals surface area contributed by atoms with E-state index in [1.165, 1.54) is 34.0 Å². The number of hydrogen-bond acceptors (Lipinski definition) is 9. The smallest absolute Gasteiger partial charge is 0.350 e. The first kappa shape index (κ1) is 35.6. The van der Waals surface area contributed by atoms with Crippen molar-refractivity contribution in [2.75, 3.05) is 49.2 Å². The van der Waals surface area contributed by atoms with Gasteiger partial charge in [0.05, 0.1) is 31.0 Å². The molecule has 270 valence electrons. The Morgan fingerprint density at radius 2 is 1.49 bits per heavy atom. The van der Waals surface area contributed by atoms with E-state index in [-0.39, 0.29) is 30.0 Å². The Balaban J connectivity index is 1.00. The first-order valence-electron chi connectivity index (χ1n) is 17.4. The van der Waals surface area contributed by atoms with Gasteiger partial charge in [-0.25, -0.2) is 27.8 Å². The van der Waals surface area contributed by atoms with Crippen molar-refractivity contribution in [3.8, 4) is 17.2 Å². The minimum absolute atomic E-state index is 0.0128. The van der Waals surface area contributed by atoms with E-state index < -0.39 is 17.7 Å². The number of aryl methyl sites for hydroxylation is 1. The second-order valence-electron chi connectivity index (χ2n) is 12.8. The number of hydrogen-bond donors (Lipinski definition) is 1. The van der Waals surface area contributed by atoms with Crippen molar-refractivity contribution in [1.29, 1.82) is 0 Å². The van der Waals surface area contributed by atoms with Crippen LogP contribution in [0.3, 0.4) is 0 Å². The zero-order valence-corrected chi connectivity index (χ0v) is 28.9. The highest BCUT2D eigenvalue weighted by atomic mass is 19.1. The lowest BCUT2D eigenvalue weighted by molar-refractivity contribution is 0.118. The molecule has 1 aliphatic heterocycles. The van der Waals surface area contributed by atoms with Crippen molar-refractivity contribution >= 4 is 11.4 Å². The highest BCUT2D eigenvalue weighted by molar-refractivity contribution is 5.54. The van der Waals surface area contributed by atoms with Gasteiger partial charge in [-0.2, -0.15) is 10.2 Å². The maximum atomic E-state index is 14.2. The number of halogens is 2. The first-order chi connectivity index (χ1) is 24.8. The van der Waals surface area contributed by atoms with Crippen LogP contribution in [0.5, 0.6) is 11.5 Å². The number of benzene rings is 3. The average Bonchev–Trinajstić information content (AvgIpc) is 3.80. The van der Waals surface area contributed by atoms with Gasteiger partial charge in [-0.3, -0.25) is 4.68 Å². The SMILES string of the molecule is CCC([C@@H](C)O)n1ncn(-c2ccc(N3CCN(c4ccc(OC[C@@H](CCCn5cncn5)COc5ccc(F)cc5F)cc4)CC3)cc2)c1=O. The van der Waals surface area contributed by atoms with Gasteiger partial charge in [0.25, 0.3) is 0 Å². The fourth-order valence-electron chi connectivity index (χ4n) is 6.36. The molecule has 51 heavy (non-hydrogen) atoms. The fraction of sp³-hybridized carbons (Fsp3) is 0.405. The largest absolute Gasteiger partial charge is 0.493 e. The van der Waals surface area contributed by atoms with Crippen molar-refractivity contribution in [3.05, 3.63) is 108 Å². The third kappa shape index (κ3) is 8.92. The molecule has 1 aliphatic rings. The topological polar surface area (TPSA) is 116 Å². The summed E-state index contributed by atoms with van der Waals surface area (Å²) in [6.45, 7) is 8.24. The van der Waals surface area contributed by atoms with Crippen molar-refractivity contribution in [2.45, 2.75) is 51.8 Å². The molecule has 1 unspecified atom stereocenters. The van der Waals surface area contributed by atoms with Gasteiger partial charge in [-0.1, -0.05) is 6.92 Å². The summed E-state index contributed by atoms with van der Waals surface area (Å²) in [7, 11) is 0. The van der Waals surface area contributed by atoms with Crippen molar-refractivity contribution in [2.24, 2.45) is 5.92 Å². The number of rotatable bonds is 16. The number of ether oxygens (including phenoxy) is 2. The minimum atomic E-state index is -0.732. The molecule has 2 aromatic heterocycles. The Bertz CT molecular complexity index is 1870. The van der Waals surface area contributed by atoms with Crippen LogP contribution in [0.2, 0.25) is 0 Å². The highest BCUT2D eigenvalue weighted by Gasteiger charge is 2.21. The molecular formula is C37H44F2N8O4. The molecule has 12 nitrogen and oxygen atoms in total. The molecule has 0 saturated carbocycles. The molecule has 5 aromatic rings. The Morgan fingerprint density at radius 3 is 2.10 bits per heavy atom. The molecular weight excluding hydrogens is 658 g/mol. The quantitative estimate of drug-likeness (QED) is 0.150. The average molecular weight is 703 g/mol. The van der Waals surface area contributed by atoms with Crippen molar-refractivity contribution in [3.63, 3.8) is 0 Å². The Morgan fingerprint density at radius 1 is 0.843 bits per heavy atom. The van der Waals surface area contributed by atoms with Gasteiger partial charge in [-0.15, -0.1) is 0 Å². The Labute approximate surface area is 295 Å². The molecule has 1 fully saturated rings. The number of aromatic nitrogens is 6. The molecule has 3 aromatic carbocycles. The van der Waals surface area contributed by atoms with Crippen LogP contribution in [0, 0.1) is 17.6 Å². The van der Waals surface area contributed by atoms with E-state index in [1.807, 2.05) is 43.3 Å². The highest BCUT2D eigenvalue weighted by Crippen LogP contribution is 2.25. The number of aliphatic hydroxyl groups excluding tert-OH is 1. The molecule has 3 atom stereocenters. The third-order valence-electron chi connectivity index (χ3n) is 9.28. The second-order valence-corrected chi connectivity index (χ2v) is 12.8. The Hall–Kier alpha value is -5.24. The zero-order valence-electron chi connectivity index (χ0n) is 28.9. The Kier molecular flexibility index (Phi) is 11.6. The van der Waals surface area contributed by atoms with Gasteiger partial charge in [0.2, 0.25) is 0 Å². The summed E-state index contributed by atoms with van der Waals surface area (Å²) >= 11 is 0. The zero-order chi connectivity index (χ0) is 35.7. The van der Waals surface area contributed by atoms with Gasteiger partial charge >= 0.3 is 5.69 Å². The molecule has 0 aliphatic carbocycles. The fourth-order valence-corrected chi connectivity index (χ4v) is 6.36. The maximum absolute atomic E-state index is 14.2. The van der Waals surface area contributed by atoms with Crippen LogP contribution < -0.4 is 25.0 Å². The lowest BCUT2D eigenvalue weighted by Crippen LogP contribution is -2.46. The molecule has 0 radical (unpaired) electrons. The van der Waals surface area contributed by atoms with Crippen LogP contribution in [0.1, 0.15) is 39.2 Å². The van der Waals surface area contributed by atoms with Crippen LogP contribution >= 0.6 is 0 Å². The van der Waals surface area contributed by atoms with E-state index in [1.54, 1.807) is 17.9 Å². The second kappa shape index (κ2) is 16.6. The molecule has 14 heteroatoms. The summed E-state index contributed by atoms with van der Waals surface area (Å²) in [5.74, 6) is -0.679. The first-order valence-corrected chi connectivity index (χ1v) is 17.4. The number of nitrogens with zero attached hydrogens (tertiary/aromatic N) is 8. The van der Waals surface area contributed by atoms with Gasteiger partial charge in [0.15, 0.2) is 11.6 Å². The maximum Gasteiger partial charge on any atom is 0.350 e. The predicted octanol–water partition coefficient (Wildman–Crippen LogP) is 5.12. The normalized spacial score (nSPS) is 15.1. The summed E-state index contributed by atoms with van der Waals surface area (Å²) in [4.78, 5) is 21.6. The van der Waals surface area contributed by atoms with E-state index in [0.717, 1.165) is 67.9 Å². The summed E-state index contributed by atoms with van der Waals surface area (Å²) in [5.41, 5.74) is 2.65. The molecule has 1 saturated heterocycles. The lowest BCUT2D eigenvalue weighted by Gasteiger charge is -2.37. The monoisotopic (exact) mass is 702 g/mol. The van der Waals surface area contributed by atoms with Crippen molar-refractivity contribution < 1.29 is 23.4 Å². The molecule has 0 spiro atoms. The van der Waals surface area contributed by atoms with Gasteiger partial charge in [-0.05, 0) is 86.8 Å². The molecule has 0 amide bonds. The molecule has 3 heterocycles. The van der Waals surface area contributed by atoms with E-state index in [0.29, 0.717) is 19.6 Å². The molecule has 0 bridgehead atoms. The predicted molar refractivity (Wildman–Crippen MR) is 190 cm³/mol. The number of anilines is 2. The van der Waals surface area contributed by atoms with Gasteiger partial charge in [0.1, 0.15) is 30.5 Å². The third-order valence-corrected chi connectivity index (χ3v) is 9.28. The molecule has 6 rings (SSSR count). The van der Waals surface area contributed by atoms with Crippen LogP contribution in [0.4, 0.5) is 20.2 Å². The summed E-state index contributed by atoms with van der Waals surface area (Å²) < 4.78 is 44.0. The lowest BCUT2D eigenvalue weighted by atomic mass is 10.1. The number of aliphatic hydroxyl groups is 1. The minimum Gasteiger partial charge on any atom is -0.493 e. The summed E-state index contributed by atoms with van der Waals surface area (Å²) in [5, 5.41) is 18.5. The van der Waals surface area contributed by atoms with Crippen LogP contribution in [-0.2, 0) is 6.54 Å². The van der Waals surface area contributed by atoms with E-state index in [9.17, 15) is 18.7 Å². The van der Waals surface area contributed by atoms with Crippen LogP contribution in [0.15, 0.2) is 90.5 Å². The van der Waals surface area contributed by atoms with Gasteiger partial charge in [0, 0.05) is 56.1 Å². The van der Waals surface area contributed by atoms with Gasteiger partial charge < -0.3 is 24.4 Å². The van der Waals surface area contributed by atoms with E-state index in [4.69, 9.17) is 9.47 Å². The van der Waals surface area contributed by atoms with Crippen molar-refractivity contribution in [1.82, 2.24) is 29.1 Å². The standard InChI is InChI=1S/C37H44F2N8O4/c1-3-35(27(2)48)47-37(49)46(26-42-47)32-9-7-30(8-10-32)43-17-19-44(20-18-43)31-11-13-33(14-12-31)50-22-28(5-4-16-45-25-40-24-41-45)23-51-36-15-6-29(38)21-34(36)39/h6-15,21,24-28,35,48H,3-5,16-20,22-23H2,1-2H3/t27-,28-,35?/m1/s1. The van der Waals surface area contributed by atoms with Crippen LogP contribution in [0.25, 0.3) is 5.69 Å². The summed E-state index contributed by atoms with van der Waals surface area (Å²) in [6.07, 6.45) is 6.15. The van der Waals surface area contributed by atoms with E-state index >= 15 is 0 Å². The van der Waals surface area contributed by atoms with E-state index in [2.05, 4.69) is 37.1 Å². The summed E-state index contributed by atoms with van der Waals surface area (Å²) in [6, 6.07) is 18.9. The molecule has 1 N–H and O–H groups in total.